The van der Waals surface area contributed by atoms with E-state index in [9.17, 15) is 22.8 Å². The third-order valence-corrected chi connectivity index (χ3v) is 5.15. The van der Waals surface area contributed by atoms with Gasteiger partial charge in [-0.3, -0.25) is 9.59 Å². The molecule has 0 unspecified atom stereocenters. The largest absolute Gasteiger partial charge is 0.483 e. The van der Waals surface area contributed by atoms with E-state index in [1.54, 1.807) is 38.4 Å². The minimum Gasteiger partial charge on any atom is -0.483 e. The highest BCUT2D eigenvalue weighted by molar-refractivity contribution is 7.99. The number of ether oxygens (including phenoxy) is 1. The molecular formula is C19H19ClF3N3O3S. The molecule has 1 aromatic carbocycles. The van der Waals surface area contributed by atoms with Gasteiger partial charge in [-0.15, -0.1) is 11.8 Å². The Bertz CT molecular complexity index is 910. The maximum absolute atomic E-state index is 12.6. The van der Waals surface area contributed by atoms with Gasteiger partial charge in [-0.1, -0.05) is 23.7 Å². The third-order valence-electron chi connectivity index (χ3n) is 3.74. The lowest BCUT2D eigenvalue weighted by atomic mass is 10.2. The van der Waals surface area contributed by atoms with Crippen LogP contribution in [-0.2, 0) is 11.0 Å². The lowest BCUT2D eigenvalue weighted by Crippen LogP contribution is -2.29. The number of halogens is 4. The van der Waals surface area contributed by atoms with Crippen molar-refractivity contribution in [2.45, 2.75) is 11.2 Å². The standard InChI is InChI=1S/C19H19ClF3N3O3S/c1-26(2)16(27)11-29-15-6-4-3-5-13(15)17(28)24-7-8-30-18-14(20)9-12(10-25-18)19(21,22)23/h3-6,9-10H,7-8,11H2,1-2H3,(H,24,28). The maximum atomic E-state index is 12.6. The zero-order valence-corrected chi connectivity index (χ0v) is 17.7. The number of hydrogen-bond acceptors (Lipinski definition) is 5. The highest BCUT2D eigenvalue weighted by atomic mass is 35.5. The van der Waals surface area contributed by atoms with Gasteiger partial charge in [-0.05, 0) is 18.2 Å². The Morgan fingerprint density at radius 1 is 1.27 bits per heavy atom. The second kappa shape index (κ2) is 10.5. The number of aromatic nitrogens is 1. The second-order valence-corrected chi connectivity index (χ2v) is 7.68. The average molecular weight is 462 g/mol. The molecule has 1 N–H and O–H groups in total. The Labute approximate surface area is 180 Å². The van der Waals surface area contributed by atoms with Gasteiger partial charge in [0.2, 0.25) is 0 Å². The molecule has 0 bridgehead atoms. The summed E-state index contributed by atoms with van der Waals surface area (Å²) in [5, 5.41) is 2.82. The molecule has 2 amide bonds. The quantitative estimate of drug-likeness (QED) is 0.479. The minimum absolute atomic E-state index is 0.106. The number of likely N-dealkylation sites (N-methyl/N-ethyl adjacent to an activating group) is 1. The summed E-state index contributed by atoms with van der Waals surface area (Å²) in [6, 6.07) is 7.30. The fourth-order valence-electron chi connectivity index (χ4n) is 2.14. The molecule has 2 aromatic rings. The fourth-order valence-corrected chi connectivity index (χ4v) is 3.19. The monoisotopic (exact) mass is 461 g/mol. The van der Waals surface area contributed by atoms with E-state index in [0.717, 1.165) is 24.0 Å². The van der Waals surface area contributed by atoms with E-state index in [4.69, 9.17) is 16.3 Å². The molecule has 11 heteroatoms. The molecule has 0 fully saturated rings. The number of nitrogens with one attached hydrogen (secondary N) is 1. The zero-order valence-electron chi connectivity index (χ0n) is 16.1. The maximum Gasteiger partial charge on any atom is 0.417 e. The van der Waals surface area contributed by atoms with E-state index in [1.165, 1.54) is 4.90 Å². The number of thioether (sulfide) groups is 1. The Kier molecular flexibility index (Phi) is 8.36. The third kappa shape index (κ3) is 6.81. The molecule has 1 heterocycles. The number of para-hydroxylation sites is 1. The summed E-state index contributed by atoms with van der Waals surface area (Å²) in [6.45, 7) is 0.0126. The number of alkyl halides is 3. The molecule has 30 heavy (non-hydrogen) atoms. The van der Waals surface area contributed by atoms with Gasteiger partial charge in [0, 0.05) is 32.6 Å². The molecule has 1 aromatic heterocycles. The molecule has 0 saturated carbocycles. The molecule has 0 atom stereocenters. The first-order chi connectivity index (χ1) is 14.1. The normalized spacial score (nSPS) is 11.1. The van der Waals surface area contributed by atoms with Gasteiger partial charge in [0.05, 0.1) is 16.1 Å². The van der Waals surface area contributed by atoms with Crippen LogP contribution in [0.25, 0.3) is 0 Å². The fraction of sp³-hybridized carbons (Fsp3) is 0.316. The van der Waals surface area contributed by atoms with Gasteiger partial charge in [0.15, 0.2) is 6.61 Å². The van der Waals surface area contributed by atoms with Crippen LogP contribution in [0.5, 0.6) is 5.75 Å². The van der Waals surface area contributed by atoms with Crippen LogP contribution in [-0.4, -0.2) is 54.7 Å². The SMILES string of the molecule is CN(C)C(=O)COc1ccccc1C(=O)NCCSc1ncc(C(F)(F)F)cc1Cl. The van der Waals surface area contributed by atoms with E-state index >= 15 is 0 Å². The Hall–Kier alpha value is -2.46. The summed E-state index contributed by atoms with van der Waals surface area (Å²) in [6.07, 6.45) is -3.80. The lowest BCUT2D eigenvalue weighted by Gasteiger charge is -2.14. The summed E-state index contributed by atoms with van der Waals surface area (Å²) < 4.78 is 43.4. The first-order valence-electron chi connectivity index (χ1n) is 8.65. The van der Waals surface area contributed by atoms with E-state index in [1.807, 2.05) is 0 Å². The summed E-state index contributed by atoms with van der Waals surface area (Å²) in [4.78, 5) is 29.2. The van der Waals surface area contributed by atoms with Crippen molar-refractivity contribution in [2.75, 3.05) is 33.0 Å². The van der Waals surface area contributed by atoms with Crippen LogP contribution in [0.15, 0.2) is 41.6 Å². The van der Waals surface area contributed by atoms with Crippen molar-refractivity contribution in [2.24, 2.45) is 0 Å². The van der Waals surface area contributed by atoms with E-state index in [-0.39, 0.29) is 40.4 Å². The van der Waals surface area contributed by atoms with Crippen LogP contribution < -0.4 is 10.1 Å². The van der Waals surface area contributed by atoms with E-state index < -0.39 is 17.6 Å². The molecule has 0 aliphatic rings. The van der Waals surface area contributed by atoms with Crippen molar-refractivity contribution >= 4 is 35.2 Å². The molecule has 162 valence electrons. The van der Waals surface area contributed by atoms with Crippen LogP contribution in [0.1, 0.15) is 15.9 Å². The van der Waals surface area contributed by atoms with E-state index in [2.05, 4.69) is 10.3 Å². The minimum atomic E-state index is -4.51. The molecule has 2 rings (SSSR count). The summed E-state index contributed by atoms with van der Waals surface area (Å²) in [7, 11) is 3.19. The summed E-state index contributed by atoms with van der Waals surface area (Å²) in [5.41, 5.74) is -0.658. The van der Waals surface area contributed by atoms with Gasteiger partial charge in [-0.25, -0.2) is 4.98 Å². The lowest BCUT2D eigenvalue weighted by molar-refractivity contribution is -0.138. The second-order valence-electron chi connectivity index (χ2n) is 6.19. The predicted molar refractivity (Wildman–Crippen MR) is 108 cm³/mol. The first-order valence-corrected chi connectivity index (χ1v) is 10.0. The van der Waals surface area contributed by atoms with Gasteiger partial charge in [-0.2, -0.15) is 13.2 Å². The number of amides is 2. The Morgan fingerprint density at radius 3 is 2.60 bits per heavy atom. The number of nitrogens with zero attached hydrogens (tertiary/aromatic N) is 2. The molecular weight excluding hydrogens is 443 g/mol. The van der Waals surface area contributed by atoms with Crippen molar-refractivity contribution in [1.29, 1.82) is 0 Å². The molecule has 0 spiro atoms. The molecule has 0 saturated heterocycles. The number of carbonyl (C=O) groups is 2. The molecule has 6 nitrogen and oxygen atoms in total. The average Bonchev–Trinajstić information content (AvgIpc) is 2.69. The van der Waals surface area contributed by atoms with Crippen molar-refractivity contribution < 1.29 is 27.5 Å². The van der Waals surface area contributed by atoms with Crippen molar-refractivity contribution in [3.63, 3.8) is 0 Å². The topological polar surface area (TPSA) is 71.5 Å². The van der Waals surface area contributed by atoms with Crippen LogP contribution in [0, 0.1) is 0 Å². The van der Waals surface area contributed by atoms with Gasteiger partial charge in [0.1, 0.15) is 10.8 Å². The van der Waals surface area contributed by atoms with Gasteiger partial charge in [0.25, 0.3) is 11.8 Å². The summed E-state index contributed by atoms with van der Waals surface area (Å²) >= 11 is 6.98. The number of hydrogen-bond donors (Lipinski definition) is 1. The zero-order chi connectivity index (χ0) is 22.3. The smallest absolute Gasteiger partial charge is 0.417 e. The molecule has 0 aliphatic carbocycles. The van der Waals surface area contributed by atoms with Crippen molar-refractivity contribution in [1.82, 2.24) is 15.2 Å². The van der Waals surface area contributed by atoms with Crippen LogP contribution in [0.2, 0.25) is 5.02 Å². The number of pyridine rings is 1. The number of benzene rings is 1. The predicted octanol–water partition coefficient (Wildman–Crippen LogP) is 3.74. The van der Waals surface area contributed by atoms with Crippen molar-refractivity contribution in [3.8, 4) is 5.75 Å². The van der Waals surface area contributed by atoms with Crippen molar-refractivity contribution in [3.05, 3.63) is 52.7 Å². The molecule has 0 radical (unpaired) electrons. The highest BCUT2D eigenvalue weighted by Gasteiger charge is 2.31. The highest BCUT2D eigenvalue weighted by Crippen LogP contribution is 2.33. The first kappa shape index (κ1) is 23.8. The van der Waals surface area contributed by atoms with Gasteiger partial charge < -0.3 is 15.0 Å². The number of rotatable bonds is 8. The Morgan fingerprint density at radius 2 is 1.97 bits per heavy atom. The summed E-state index contributed by atoms with van der Waals surface area (Å²) in [5.74, 6) is -0.0470. The van der Waals surface area contributed by atoms with Gasteiger partial charge >= 0.3 is 6.18 Å². The van der Waals surface area contributed by atoms with E-state index in [0.29, 0.717) is 5.75 Å². The van der Waals surface area contributed by atoms with Crippen LogP contribution >= 0.6 is 23.4 Å². The molecule has 0 aliphatic heterocycles. The van der Waals surface area contributed by atoms with Crippen LogP contribution in [0.4, 0.5) is 13.2 Å². The number of carbonyl (C=O) groups excluding carboxylic acids is 2. The Balaban J connectivity index is 1.89. The van der Waals surface area contributed by atoms with Crippen LogP contribution in [0.3, 0.4) is 0 Å².